The van der Waals surface area contributed by atoms with Gasteiger partial charge in [0.05, 0.1) is 17.7 Å². The van der Waals surface area contributed by atoms with Crippen molar-refractivity contribution in [1.29, 1.82) is 5.26 Å². The van der Waals surface area contributed by atoms with Gasteiger partial charge in [-0.25, -0.2) is 13.1 Å². The number of benzene rings is 1. The van der Waals surface area contributed by atoms with Crippen LogP contribution in [0.2, 0.25) is 0 Å². The molecule has 1 saturated heterocycles. The number of carbonyl (C=O) groups excluding carboxylic acids is 1. The Morgan fingerprint density at radius 1 is 1.39 bits per heavy atom. The highest BCUT2D eigenvalue weighted by atomic mass is 32.2. The molecule has 0 bridgehead atoms. The van der Waals surface area contributed by atoms with Gasteiger partial charge in [0.15, 0.2) is 11.4 Å². The molecule has 33 heavy (non-hydrogen) atoms. The first kappa shape index (κ1) is 23.0. The normalized spacial score (nSPS) is 21.1. The molecule has 10 heteroatoms. The van der Waals surface area contributed by atoms with Crippen molar-refractivity contribution in [2.75, 3.05) is 25.1 Å². The van der Waals surface area contributed by atoms with Gasteiger partial charge in [-0.1, -0.05) is 12.1 Å². The maximum absolute atomic E-state index is 13.2. The van der Waals surface area contributed by atoms with Gasteiger partial charge in [-0.3, -0.25) is 4.79 Å². The van der Waals surface area contributed by atoms with Crippen molar-refractivity contribution in [1.82, 2.24) is 9.29 Å². The summed E-state index contributed by atoms with van der Waals surface area (Å²) in [5.41, 5.74) is 1.23. The van der Waals surface area contributed by atoms with Crippen molar-refractivity contribution < 1.29 is 22.7 Å². The van der Waals surface area contributed by atoms with Crippen LogP contribution >= 0.6 is 0 Å². The van der Waals surface area contributed by atoms with Gasteiger partial charge >= 0.3 is 0 Å². The van der Waals surface area contributed by atoms with Gasteiger partial charge in [0, 0.05) is 37.6 Å². The molecule has 1 aromatic heterocycles. The molecule has 0 saturated carbocycles. The number of nitrogens with zero attached hydrogens (tertiary/aromatic N) is 2. The third-order valence-corrected chi connectivity index (χ3v) is 7.90. The highest BCUT2D eigenvalue weighted by Gasteiger charge is 2.44. The minimum absolute atomic E-state index is 0.00360. The molecule has 1 fully saturated rings. The van der Waals surface area contributed by atoms with Crippen LogP contribution in [0.4, 0.5) is 5.69 Å². The summed E-state index contributed by atoms with van der Waals surface area (Å²) >= 11 is 0. The van der Waals surface area contributed by atoms with Gasteiger partial charge in [0.2, 0.25) is 10.0 Å². The molecule has 4 rings (SSSR count). The second-order valence-corrected chi connectivity index (χ2v) is 10.1. The third-order valence-electron chi connectivity index (χ3n) is 6.44. The molecule has 0 spiro atoms. The lowest BCUT2D eigenvalue weighted by Gasteiger charge is -2.40. The van der Waals surface area contributed by atoms with Gasteiger partial charge < -0.3 is 19.4 Å². The molecule has 2 N–H and O–H groups in total. The number of aryl methyl sites for hydroxylation is 2. The number of fused-ring (bicyclic) bond motifs is 1. The fourth-order valence-electron chi connectivity index (χ4n) is 4.36. The van der Waals surface area contributed by atoms with Crippen LogP contribution in [0, 0.1) is 23.7 Å². The van der Waals surface area contributed by atoms with Gasteiger partial charge in [-0.2, -0.15) is 5.26 Å². The molecular formula is C23H26N4O5S. The van der Waals surface area contributed by atoms with Crippen LogP contribution in [0.15, 0.2) is 41.9 Å². The number of hydrogen-bond acceptors (Lipinski definition) is 6. The molecule has 0 aliphatic carbocycles. The summed E-state index contributed by atoms with van der Waals surface area (Å²) in [6.07, 6.45) is 4.38. The van der Waals surface area contributed by atoms with E-state index in [2.05, 4.69) is 22.7 Å². The second kappa shape index (κ2) is 8.67. The van der Waals surface area contributed by atoms with E-state index in [4.69, 9.17) is 9.47 Å². The third kappa shape index (κ3) is 4.15. The number of aromatic nitrogens is 1. The van der Waals surface area contributed by atoms with Crippen molar-refractivity contribution in [3.8, 4) is 11.8 Å². The summed E-state index contributed by atoms with van der Waals surface area (Å²) in [4.78, 5) is 13.0. The predicted octanol–water partition coefficient (Wildman–Crippen LogP) is 2.48. The SMILES string of the molecule is C=CC1([C@@H]2COc3c(cn(C)c3C(=O)Nc3ccc(C)c(C#N)c3)S(=O)(=O)N2)CCOCC1. The Hall–Kier alpha value is -3.13. The number of nitrogens with one attached hydrogen (secondary N) is 2. The van der Waals surface area contributed by atoms with Crippen LogP contribution in [0.3, 0.4) is 0 Å². The Morgan fingerprint density at radius 3 is 2.79 bits per heavy atom. The second-order valence-electron chi connectivity index (χ2n) is 8.41. The number of rotatable bonds is 4. The Balaban J connectivity index is 1.67. The smallest absolute Gasteiger partial charge is 0.276 e. The van der Waals surface area contributed by atoms with E-state index in [1.807, 2.05) is 0 Å². The van der Waals surface area contributed by atoms with Crippen LogP contribution in [0.1, 0.15) is 34.5 Å². The lowest BCUT2D eigenvalue weighted by Crippen LogP contribution is -2.51. The first-order chi connectivity index (χ1) is 15.7. The lowest BCUT2D eigenvalue weighted by atomic mass is 9.74. The highest BCUT2D eigenvalue weighted by molar-refractivity contribution is 7.89. The number of nitriles is 1. The van der Waals surface area contributed by atoms with E-state index in [0.29, 0.717) is 37.3 Å². The van der Waals surface area contributed by atoms with E-state index in [1.54, 1.807) is 38.2 Å². The van der Waals surface area contributed by atoms with Crippen LogP contribution in [0.25, 0.3) is 0 Å². The molecule has 2 aromatic rings. The zero-order valence-electron chi connectivity index (χ0n) is 18.6. The Morgan fingerprint density at radius 2 is 2.12 bits per heavy atom. The van der Waals surface area contributed by atoms with Crippen molar-refractivity contribution in [2.45, 2.75) is 30.7 Å². The summed E-state index contributed by atoms with van der Waals surface area (Å²) in [5, 5.41) is 12.0. The van der Waals surface area contributed by atoms with Gasteiger partial charge in [-0.05, 0) is 37.5 Å². The Labute approximate surface area is 193 Å². The average Bonchev–Trinajstić information content (AvgIpc) is 3.08. The summed E-state index contributed by atoms with van der Waals surface area (Å²) in [6.45, 7) is 6.80. The van der Waals surface area contributed by atoms with E-state index < -0.39 is 27.4 Å². The van der Waals surface area contributed by atoms with Crippen molar-refractivity contribution in [3.05, 3.63) is 53.9 Å². The van der Waals surface area contributed by atoms with Crippen molar-refractivity contribution in [2.24, 2.45) is 12.5 Å². The maximum atomic E-state index is 13.2. The van der Waals surface area contributed by atoms with Gasteiger partial charge in [0.25, 0.3) is 5.91 Å². The van der Waals surface area contributed by atoms with Crippen molar-refractivity contribution in [3.63, 3.8) is 0 Å². The van der Waals surface area contributed by atoms with E-state index in [0.717, 1.165) is 5.56 Å². The van der Waals surface area contributed by atoms with E-state index in [9.17, 15) is 18.5 Å². The summed E-state index contributed by atoms with van der Waals surface area (Å²) < 4.78 is 42.1. The molecular weight excluding hydrogens is 444 g/mol. The molecule has 1 amide bonds. The van der Waals surface area contributed by atoms with Crippen molar-refractivity contribution >= 4 is 21.6 Å². The molecule has 0 radical (unpaired) electrons. The summed E-state index contributed by atoms with van der Waals surface area (Å²) in [6, 6.07) is 6.53. The zero-order chi connectivity index (χ0) is 23.8. The number of anilines is 1. The molecule has 1 atom stereocenters. The Bertz CT molecular complexity index is 1250. The molecule has 9 nitrogen and oxygen atoms in total. The van der Waals surface area contributed by atoms with Gasteiger partial charge in [-0.15, -0.1) is 6.58 Å². The van der Waals surface area contributed by atoms with Crippen LogP contribution in [-0.2, 0) is 21.8 Å². The van der Waals surface area contributed by atoms with E-state index >= 15 is 0 Å². The standard InChI is InChI=1S/C23H26N4O5S/c1-4-23(7-9-31-10-8-23)19-14-32-21-18(33(29,30)26-19)13-27(3)20(21)22(28)25-17-6-5-15(2)16(11-17)12-24/h4-6,11,13,19,26H,1,7-10,14H2,2-3H3,(H,25,28)/t19-/m0/s1. The summed E-state index contributed by atoms with van der Waals surface area (Å²) in [7, 11) is -2.37. The number of ether oxygens (including phenoxy) is 2. The quantitative estimate of drug-likeness (QED) is 0.662. The number of amides is 1. The molecule has 2 aliphatic heterocycles. The molecule has 2 aliphatic rings. The minimum atomic E-state index is -3.96. The van der Waals surface area contributed by atoms with E-state index in [-0.39, 0.29) is 22.9 Å². The topological polar surface area (TPSA) is 122 Å². The number of hydrogen-bond donors (Lipinski definition) is 2. The lowest BCUT2D eigenvalue weighted by molar-refractivity contribution is 0.0155. The summed E-state index contributed by atoms with van der Waals surface area (Å²) in [5.74, 6) is -0.534. The fourth-order valence-corrected chi connectivity index (χ4v) is 5.86. The number of carbonyl (C=O) groups is 1. The molecule has 174 valence electrons. The fraction of sp³-hybridized carbons (Fsp3) is 0.391. The highest BCUT2D eigenvalue weighted by Crippen LogP contribution is 2.40. The largest absolute Gasteiger partial charge is 0.488 e. The minimum Gasteiger partial charge on any atom is -0.488 e. The molecule has 3 heterocycles. The zero-order valence-corrected chi connectivity index (χ0v) is 19.4. The number of sulfonamides is 1. The van der Waals surface area contributed by atoms with E-state index in [1.165, 1.54) is 10.8 Å². The molecule has 1 aromatic carbocycles. The first-order valence-electron chi connectivity index (χ1n) is 10.6. The monoisotopic (exact) mass is 470 g/mol. The van der Waals surface area contributed by atoms with Crippen LogP contribution in [0.5, 0.6) is 5.75 Å². The first-order valence-corrected chi connectivity index (χ1v) is 12.1. The van der Waals surface area contributed by atoms with Gasteiger partial charge in [0.1, 0.15) is 11.5 Å². The predicted molar refractivity (Wildman–Crippen MR) is 122 cm³/mol. The van der Waals surface area contributed by atoms with Crippen LogP contribution < -0.4 is 14.8 Å². The van der Waals surface area contributed by atoms with Crippen LogP contribution in [-0.4, -0.2) is 44.8 Å². The Kier molecular flexibility index (Phi) is 6.05. The maximum Gasteiger partial charge on any atom is 0.276 e. The molecule has 0 unspecified atom stereocenters. The average molecular weight is 471 g/mol.